The molecule has 0 heterocycles. The Kier molecular flexibility index (Phi) is 6.80. The minimum absolute atomic E-state index is 0.109. The molecule has 112 valence electrons. The maximum Gasteiger partial charge on any atom is 0.223 e. The fourth-order valence-electron chi connectivity index (χ4n) is 2.74. The van der Waals surface area contributed by atoms with Crippen molar-refractivity contribution >= 4 is 5.91 Å². The van der Waals surface area contributed by atoms with Gasteiger partial charge in [0, 0.05) is 31.1 Å². The maximum absolute atomic E-state index is 12.2. The van der Waals surface area contributed by atoms with Crippen molar-refractivity contribution in [2.45, 2.75) is 58.5 Å². The van der Waals surface area contributed by atoms with E-state index in [4.69, 9.17) is 5.73 Å². The fraction of sp³-hybridized carbons (Fsp3) is 0.933. The number of likely N-dealkylation sites (N-methyl/N-ethyl adjacent to an activating group) is 1. The molecule has 0 aromatic heterocycles. The standard InChI is InChI=1S/C15H31N3O/c1-5-12(3)18(4)9-8-17-15(19)14-10-13(16)7-6-11(14)2/h11-14H,5-10,16H2,1-4H3,(H,17,19). The first-order valence-corrected chi connectivity index (χ1v) is 7.69. The second-order valence-electron chi connectivity index (χ2n) is 6.19. The third-order valence-electron chi connectivity index (χ3n) is 4.68. The van der Waals surface area contributed by atoms with Crippen LogP contribution in [0.5, 0.6) is 0 Å². The number of nitrogens with two attached hydrogens (primary N) is 1. The van der Waals surface area contributed by atoms with E-state index in [-0.39, 0.29) is 17.9 Å². The maximum atomic E-state index is 12.2. The highest BCUT2D eigenvalue weighted by atomic mass is 16.1. The Bertz CT molecular complexity index is 283. The molecule has 1 saturated carbocycles. The fourth-order valence-corrected chi connectivity index (χ4v) is 2.74. The van der Waals surface area contributed by atoms with Crippen LogP contribution in [0.1, 0.15) is 46.5 Å². The van der Waals surface area contributed by atoms with Crippen molar-refractivity contribution in [2.75, 3.05) is 20.1 Å². The van der Waals surface area contributed by atoms with Crippen LogP contribution in [0.3, 0.4) is 0 Å². The van der Waals surface area contributed by atoms with Crippen LogP contribution >= 0.6 is 0 Å². The van der Waals surface area contributed by atoms with Crippen LogP contribution in [-0.4, -0.2) is 43.0 Å². The molecule has 0 aliphatic heterocycles. The topological polar surface area (TPSA) is 58.4 Å². The normalized spacial score (nSPS) is 29.3. The summed E-state index contributed by atoms with van der Waals surface area (Å²) in [4.78, 5) is 14.5. The van der Waals surface area contributed by atoms with Gasteiger partial charge in [-0.2, -0.15) is 0 Å². The summed E-state index contributed by atoms with van der Waals surface area (Å²) in [5, 5.41) is 3.08. The van der Waals surface area contributed by atoms with Gasteiger partial charge < -0.3 is 16.0 Å². The number of carbonyl (C=O) groups excluding carboxylic acids is 1. The predicted octanol–water partition coefficient (Wildman–Crippen LogP) is 1.60. The van der Waals surface area contributed by atoms with E-state index in [9.17, 15) is 4.79 Å². The monoisotopic (exact) mass is 269 g/mol. The first-order chi connectivity index (χ1) is 8.95. The van der Waals surface area contributed by atoms with Crippen LogP contribution in [0.15, 0.2) is 0 Å². The minimum Gasteiger partial charge on any atom is -0.355 e. The predicted molar refractivity (Wildman–Crippen MR) is 79.9 cm³/mol. The molecule has 0 saturated heterocycles. The molecule has 0 spiro atoms. The Hall–Kier alpha value is -0.610. The SMILES string of the molecule is CCC(C)N(C)CCNC(=O)C1CC(N)CCC1C. The lowest BCUT2D eigenvalue weighted by Crippen LogP contribution is -2.44. The van der Waals surface area contributed by atoms with E-state index in [1.54, 1.807) is 0 Å². The van der Waals surface area contributed by atoms with Gasteiger partial charge in [0.15, 0.2) is 0 Å². The van der Waals surface area contributed by atoms with Crippen molar-refractivity contribution in [3.05, 3.63) is 0 Å². The molecule has 1 aliphatic rings. The minimum atomic E-state index is 0.109. The molecular formula is C15H31N3O. The lowest BCUT2D eigenvalue weighted by molar-refractivity contribution is -0.127. The molecule has 1 amide bonds. The summed E-state index contributed by atoms with van der Waals surface area (Å²) < 4.78 is 0. The van der Waals surface area contributed by atoms with Crippen molar-refractivity contribution in [3.63, 3.8) is 0 Å². The third-order valence-corrected chi connectivity index (χ3v) is 4.68. The summed E-state index contributed by atoms with van der Waals surface area (Å²) in [5.41, 5.74) is 5.97. The van der Waals surface area contributed by atoms with Crippen LogP contribution in [0.2, 0.25) is 0 Å². The first-order valence-electron chi connectivity index (χ1n) is 7.69. The number of amides is 1. The Morgan fingerprint density at radius 2 is 2.16 bits per heavy atom. The highest BCUT2D eigenvalue weighted by Gasteiger charge is 2.30. The van der Waals surface area contributed by atoms with Crippen LogP contribution in [0.4, 0.5) is 0 Å². The zero-order valence-electron chi connectivity index (χ0n) is 13.0. The Balaban J connectivity index is 2.30. The van der Waals surface area contributed by atoms with Gasteiger partial charge in [0.25, 0.3) is 0 Å². The smallest absolute Gasteiger partial charge is 0.223 e. The van der Waals surface area contributed by atoms with Gasteiger partial charge in [-0.1, -0.05) is 13.8 Å². The molecule has 3 N–H and O–H groups in total. The van der Waals surface area contributed by atoms with E-state index in [1.807, 2.05) is 0 Å². The summed E-state index contributed by atoms with van der Waals surface area (Å²) in [7, 11) is 2.11. The van der Waals surface area contributed by atoms with Gasteiger partial charge in [-0.3, -0.25) is 4.79 Å². The first kappa shape index (κ1) is 16.4. The van der Waals surface area contributed by atoms with Crippen LogP contribution in [-0.2, 0) is 4.79 Å². The number of rotatable bonds is 6. The quantitative estimate of drug-likeness (QED) is 0.770. The van der Waals surface area contributed by atoms with Crippen molar-refractivity contribution in [3.8, 4) is 0 Å². The summed E-state index contributed by atoms with van der Waals surface area (Å²) in [6.45, 7) is 8.21. The third kappa shape index (κ3) is 5.11. The Morgan fingerprint density at radius 3 is 2.79 bits per heavy atom. The highest BCUT2D eigenvalue weighted by Crippen LogP contribution is 2.29. The Labute approximate surface area is 118 Å². The molecule has 1 fully saturated rings. The van der Waals surface area contributed by atoms with Crippen molar-refractivity contribution < 1.29 is 4.79 Å². The molecule has 0 bridgehead atoms. The van der Waals surface area contributed by atoms with Gasteiger partial charge in [-0.25, -0.2) is 0 Å². The largest absolute Gasteiger partial charge is 0.355 e. The zero-order valence-corrected chi connectivity index (χ0v) is 13.0. The molecule has 4 atom stereocenters. The molecule has 0 aromatic carbocycles. The van der Waals surface area contributed by atoms with E-state index in [0.29, 0.717) is 12.0 Å². The van der Waals surface area contributed by atoms with E-state index in [2.05, 4.69) is 38.0 Å². The number of hydrogen-bond donors (Lipinski definition) is 2. The highest BCUT2D eigenvalue weighted by molar-refractivity contribution is 5.79. The Morgan fingerprint density at radius 1 is 1.47 bits per heavy atom. The summed E-state index contributed by atoms with van der Waals surface area (Å²) in [6, 6.07) is 0.772. The van der Waals surface area contributed by atoms with E-state index < -0.39 is 0 Å². The molecule has 1 rings (SSSR count). The molecule has 4 nitrogen and oxygen atoms in total. The lowest BCUT2D eigenvalue weighted by Gasteiger charge is -2.32. The lowest BCUT2D eigenvalue weighted by atomic mass is 9.78. The molecule has 0 aromatic rings. The van der Waals surface area contributed by atoms with Gasteiger partial charge in [-0.05, 0) is 45.6 Å². The van der Waals surface area contributed by atoms with E-state index in [1.165, 1.54) is 0 Å². The van der Waals surface area contributed by atoms with Gasteiger partial charge >= 0.3 is 0 Å². The van der Waals surface area contributed by atoms with Gasteiger partial charge in [0.1, 0.15) is 0 Å². The molecule has 19 heavy (non-hydrogen) atoms. The molecule has 1 aliphatic carbocycles. The molecular weight excluding hydrogens is 238 g/mol. The average molecular weight is 269 g/mol. The van der Waals surface area contributed by atoms with Gasteiger partial charge in [0.2, 0.25) is 5.91 Å². The van der Waals surface area contributed by atoms with E-state index >= 15 is 0 Å². The number of carbonyl (C=O) groups is 1. The summed E-state index contributed by atoms with van der Waals surface area (Å²) in [6.07, 6.45) is 4.11. The number of nitrogens with zero attached hydrogens (tertiary/aromatic N) is 1. The van der Waals surface area contributed by atoms with Crippen LogP contribution in [0, 0.1) is 11.8 Å². The average Bonchev–Trinajstić information content (AvgIpc) is 2.40. The van der Waals surface area contributed by atoms with Gasteiger partial charge in [0.05, 0.1) is 0 Å². The second kappa shape index (κ2) is 7.85. The van der Waals surface area contributed by atoms with Crippen molar-refractivity contribution in [1.29, 1.82) is 0 Å². The summed E-state index contributed by atoms with van der Waals surface area (Å²) >= 11 is 0. The number of hydrogen-bond acceptors (Lipinski definition) is 3. The van der Waals surface area contributed by atoms with Crippen LogP contribution in [0.25, 0.3) is 0 Å². The molecule has 4 heteroatoms. The zero-order chi connectivity index (χ0) is 14.4. The second-order valence-corrected chi connectivity index (χ2v) is 6.19. The molecule has 0 radical (unpaired) electrons. The summed E-state index contributed by atoms with van der Waals surface area (Å²) in [5.74, 6) is 0.768. The number of nitrogens with one attached hydrogen (secondary N) is 1. The van der Waals surface area contributed by atoms with E-state index in [0.717, 1.165) is 38.8 Å². The van der Waals surface area contributed by atoms with Gasteiger partial charge in [-0.15, -0.1) is 0 Å². The van der Waals surface area contributed by atoms with Crippen LogP contribution < -0.4 is 11.1 Å². The molecule has 4 unspecified atom stereocenters. The van der Waals surface area contributed by atoms with Crippen molar-refractivity contribution in [2.24, 2.45) is 17.6 Å². The van der Waals surface area contributed by atoms with Crippen molar-refractivity contribution in [1.82, 2.24) is 10.2 Å².